The number of aryl methyl sites for hydroxylation is 1. The Hall–Kier alpha value is -3.06. The summed E-state index contributed by atoms with van der Waals surface area (Å²) in [6.07, 6.45) is 4.94. The van der Waals surface area contributed by atoms with Crippen molar-refractivity contribution in [1.29, 1.82) is 0 Å². The van der Waals surface area contributed by atoms with Gasteiger partial charge in [-0.25, -0.2) is 4.98 Å². The van der Waals surface area contributed by atoms with Crippen LogP contribution in [0.2, 0.25) is 0 Å². The first-order chi connectivity index (χ1) is 13.0. The van der Waals surface area contributed by atoms with Gasteiger partial charge in [0, 0.05) is 66.6 Å². The van der Waals surface area contributed by atoms with Gasteiger partial charge < -0.3 is 14.8 Å². The summed E-state index contributed by atoms with van der Waals surface area (Å²) in [6, 6.07) is 1.86. The number of piperazine rings is 1. The van der Waals surface area contributed by atoms with Crippen LogP contribution in [0, 0.1) is 6.92 Å². The third-order valence-corrected chi connectivity index (χ3v) is 5.53. The number of aromatic amines is 1. The fraction of sp³-hybridized carbons (Fsp3) is 0.300. The van der Waals surface area contributed by atoms with Crippen LogP contribution in [0.4, 0.5) is 0 Å². The Balaban J connectivity index is 1.69. The highest BCUT2D eigenvalue weighted by Gasteiger charge is 2.34. The van der Waals surface area contributed by atoms with Gasteiger partial charge in [-0.05, 0) is 20.0 Å². The van der Waals surface area contributed by atoms with Gasteiger partial charge in [-0.15, -0.1) is 0 Å². The van der Waals surface area contributed by atoms with Gasteiger partial charge in [0.2, 0.25) is 5.78 Å². The number of carbonyl (C=O) groups is 2. The van der Waals surface area contributed by atoms with E-state index in [2.05, 4.69) is 26.9 Å². The molecule has 0 radical (unpaired) electrons. The highest BCUT2D eigenvalue weighted by Crippen LogP contribution is 2.34. The Kier molecular flexibility index (Phi) is 3.42. The van der Waals surface area contributed by atoms with Gasteiger partial charge in [-0.2, -0.15) is 0 Å². The zero-order valence-corrected chi connectivity index (χ0v) is 15.2. The third kappa shape index (κ3) is 2.31. The number of rotatable bonds is 1. The Morgan fingerprint density at radius 3 is 2.70 bits per heavy atom. The molecule has 4 heterocycles. The van der Waals surface area contributed by atoms with Crippen molar-refractivity contribution in [3.8, 4) is 0 Å². The van der Waals surface area contributed by atoms with Crippen molar-refractivity contribution in [2.45, 2.75) is 6.92 Å². The standard InChI is InChI=1S/C20H19N5O2/c1-11-16-12-10-21-4-3-13(12)23-18(16)17-15(26)9-14(20(27)19(17)22-11)25-7-5-24(2)6-8-25/h3-4,9-10,23H,5-8H2,1-2H3. The molecule has 3 aromatic rings. The molecule has 0 bridgehead atoms. The predicted octanol–water partition coefficient (Wildman–Crippen LogP) is 1.93. The number of hydrogen-bond donors (Lipinski definition) is 1. The summed E-state index contributed by atoms with van der Waals surface area (Å²) < 4.78 is 0. The molecule has 1 aliphatic heterocycles. The van der Waals surface area contributed by atoms with Crippen molar-refractivity contribution in [3.63, 3.8) is 0 Å². The number of fused-ring (bicyclic) bond motifs is 5. The molecule has 7 heteroatoms. The van der Waals surface area contributed by atoms with Crippen molar-refractivity contribution in [3.05, 3.63) is 47.2 Å². The molecule has 3 aromatic heterocycles. The molecule has 1 fully saturated rings. The fourth-order valence-electron chi connectivity index (χ4n) is 4.07. The molecule has 0 spiro atoms. The number of allylic oxidation sites excluding steroid dienone is 2. The first kappa shape index (κ1) is 16.1. The molecule has 5 rings (SSSR count). The lowest BCUT2D eigenvalue weighted by atomic mass is 9.93. The van der Waals surface area contributed by atoms with E-state index in [1.165, 1.54) is 6.08 Å². The molecule has 1 aliphatic carbocycles. The molecule has 1 N–H and O–H groups in total. The largest absolute Gasteiger partial charge is 0.366 e. The van der Waals surface area contributed by atoms with E-state index in [-0.39, 0.29) is 17.3 Å². The lowest BCUT2D eigenvalue weighted by Crippen LogP contribution is -2.46. The van der Waals surface area contributed by atoms with Crippen LogP contribution in [-0.2, 0) is 0 Å². The van der Waals surface area contributed by atoms with Crippen molar-refractivity contribution in [2.24, 2.45) is 0 Å². The van der Waals surface area contributed by atoms with Gasteiger partial charge in [-0.1, -0.05) is 0 Å². The number of ketones is 2. The van der Waals surface area contributed by atoms with E-state index in [1.54, 1.807) is 12.4 Å². The smallest absolute Gasteiger partial charge is 0.228 e. The second-order valence-electron chi connectivity index (χ2n) is 7.23. The fourth-order valence-corrected chi connectivity index (χ4v) is 4.07. The summed E-state index contributed by atoms with van der Waals surface area (Å²) in [7, 11) is 2.06. The summed E-state index contributed by atoms with van der Waals surface area (Å²) in [5.41, 5.74) is 3.36. The monoisotopic (exact) mass is 361 g/mol. The first-order valence-electron chi connectivity index (χ1n) is 9.05. The molecule has 1 saturated heterocycles. The molecule has 136 valence electrons. The van der Waals surface area contributed by atoms with Crippen LogP contribution in [0.1, 0.15) is 26.5 Å². The van der Waals surface area contributed by atoms with E-state index < -0.39 is 0 Å². The number of pyridine rings is 2. The highest BCUT2D eigenvalue weighted by atomic mass is 16.1. The maximum Gasteiger partial charge on any atom is 0.228 e. The van der Waals surface area contributed by atoms with Crippen molar-refractivity contribution in [1.82, 2.24) is 24.8 Å². The minimum atomic E-state index is -0.171. The Bertz CT molecular complexity index is 1150. The number of aromatic nitrogens is 3. The number of H-pyrrole nitrogens is 1. The van der Waals surface area contributed by atoms with Crippen LogP contribution < -0.4 is 0 Å². The minimum Gasteiger partial charge on any atom is -0.366 e. The van der Waals surface area contributed by atoms with Gasteiger partial charge in [0.1, 0.15) is 5.69 Å². The van der Waals surface area contributed by atoms with E-state index in [1.807, 2.05) is 17.9 Å². The maximum atomic E-state index is 13.2. The number of Topliss-reactive ketones (excluding diaryl/α,β-unsaturated/α-hetero) is 1. The van der Waals surface area contributed by atoms with Crippen LogP contribution >= 0.6 is 0 Å². The van der Waals surface area contributed by atoms with E-state index in [0.717, 1.165) is 48.2 Å². The highest BCUT2D eigenvalue weighted by molar-refractivity contribution is 6.29. The predicted molar refractivity (Wildman–Crippen MR) is 102 cm³/mol. The second-order valence-corrected chi connectivity index (χ2v) is 7.23. The van der Waals surface area contributed by atoms with Crippen molar-refractivity contribution < 1.29 is 9.59 Å². The van der Waals surface area contributed by atoms with Crippen LogP contribution in [-0.4, -0.2) is 69.5 Å². The number of nitrogens with zero attached hydrogens (tertiary/aromatic N) is 4. The molecule has 2 aliphatic rings. The van der Waals surface area contributed by atoms with Gasteiger partial charge >= 0.3 is 0 Å². The first-order valence-corrected chi connectivity index (χ1v) is 9.05. The quantitative estimate of drug-likeness (QED) is 0.713. The molecule has 0 amide bonds. The topological polar surface area (TPSA) is 82.2 Å². The van der Waals surface area contributed by atoms with E-state index in [4.69, 9.17) is 0 Å². The Labute approximate surface area is 155 Å². The average Bonchev–Trinajstić information content (AvgIpc) is 3.05. The second kappa shape index (κ2) is 5.72. The van der Waals surface area contributed by atoms with Gasteiger partial charge in [0.25, 0.3) is 0 Å². The molecule has 0 aromatic carbocycles. The summed E-state index contributed by atoms with van der Waals surface area (Å²) >= 11 is 0. The summed E-state index contributed by atoms with van der Waals surface area (Å²) in [4.78, 5) is 42.4. The van der Waals surface area contributed by atoms with E-state index in [0.29, 0.717) is 16.8 Å². The number of nitrogens with one attached hydrogen (secondary N) is 1. The average molecular weight is 361 g/mol. The molecule has 0 unspecified atom stereocenters. The maximum absolute atomic E-state index is 13.2. The molecule has 0 saturated carbocycles. The van der Waals surface area contributed by atoms with Gasteiger partial charge in [-0.3, -0.25) is 14.6 Å². The number of carbonyl (C=O) groups excluding carboxylic acids is 2. The number of likely N-dealkylation sites (N-methyl/N-ethyl adjacent to an activating group) is 1. The molecule has 7 nitrogen and oxygen atoms in total. The summed E-state index contributed by atoms with van der Waals surface area (Å²) in [5, 5.41) is 1.77. The summed E-state index contributed by atoms with van der Waals surface area (Å²) in [6.45, 7) is 5.07. The van der Waals surface area contributed by atoms with Crippen molar-refractivity contribution in [2.75, 3.05) is 33.2 Å². The Morgan fingerprint density at radius 1 is 1.15 bits per heavy atom. The summed E-state index contributed by atoms with van der Waals surface area (Å²) in [5.74, 6) is -0.341. The molecular formula is C20H19N5O2. The zero-order chi connectivity index (χ0) is 18.7. The Morgan fingerprint density at radius 2 is 1.93 bits per heavy atom. The SMILES string of the molecule is Cc1nc2c(c3[nH]c4ccncc4c13)C(=O)C=C(N1CCN(C)CC1)C2=O. The third-order valence-electron chi connectivity index (χ3n) is 5.53. The van der Waals surface area contributed by atoms with E-state index in [9.17, 15) is 9.59 Å². The van der Waals surface area contributed by atoms with Crippen LogP contribution in [0.3, 0.4) is 0 Å². The van der Waals surface area contributed by atoms with Gasteiger partial charge in [0.15, 0.2) is 5.78 Å². The molecule has 27 heavy (non-hydrogen) atoms. The minimum absolute atomic E-state index is 0.170. The van der Waals surface area contributed by atoms with Crippen LogP contribution in [0.5, 0.6) is 0 Å². The zero-order valence-electron chi connectivity index (χ0n) is 15.2. The normalized spacial score (nSPS) is 18.3. The van der Waals surface area contributed by atoms with Crippen LogP contribution in [0.15, 0.2) is 30.2 Å². The lowest BCUT2D eigenvalue weighted by molar-refractivity contribution is 0.0922. The molecular weight excluding hydrogens is 342 g/mol. The van der Waals surface area contributed by atoms with Gasteiger partial charge in [0.05, 0.1) is 16.8 Å². The lowest BCUT2D eigenvalue weighted by Gasteiger charge is -2.35. The van der Waals surface area contributed by atoms with Crippen molar-refractivity contribution >= 4 is 33.4 Å². The molecule has 0 atom stereocenters. The van der Waals surface area contributed by atoms with E-state index >= 15 is 0 Å². The number of hydrogen-bond acceptors (Lipinski definition) is 6. The van der Waals surface area contributed by atoms with Crippen LogP contribution in [0.25, 0.3) is 21.8 Å².